The highest BCUT2D eigenvalue weighted by atomic mass is 14.3. The molecule has 0 spiro atoms. The molecule has 2 heteroatoms. The van der Waals surface area contributed by atoms with Crippen LogP contribution in [0.4, 0.5) is 0 Å². The average molecular weight is 208 g/mol. The first kappa shape index (κ1) is 10.5. The molecule has 1 atom stereocenters. The van der Waals surface area contributed by atoms with Gasteiger partial charge < -0.3 is 0 Å². The fourth-order valence-electron chi connectivity index (χ4n) is 2.31. The van der Waals surface area contributed by atoms with Crippen LogP contribution in [0, 0.1) is 28.6 Å². The maximum absolute atomic E-state index is 8.99. The van der Waals surface area contributed by atoms with E-state index in [0.717, 1.165) is 24.0 Å². The largest absolute Gasteiger partial charge is 0.192 e. The summed E-state index contributed by atoms with van der Waals surface area (Å²) in [6.07, 6.45) is 2.05. The van der Waals surface area contributed by atoms with Gasteiger partial charge in [0.05, 0.1) is 0 Å². The van der Waals surface area contributed by atoms with Gasteiger partial charge in [-0.15, -0.1) is 0 Å². The van der Waals surface area contributed by atoms with E-state index < -0.39 is 0 Å². The van der Waals surface area contributed by atoms with Crippen LogP contribution in [-0.4, -0.2) is 0 Å². The number of hydrogen-bond acceptors (Lipinski definition) is 2. The highest BCUT2D eigenvalue weighted by molar-refractivity contribution is 5.79. The van der Waals surface area contributed by atoms with Crippen molar-refractivity contribution >= 4 is 5.57 Å². The van der Waals surface area contributed by atoms with Crippen LogP contribution in [0.15, 0.2) is 29.8 Å². The Bertz CT molecular complexity index is 510. The predicted octanol–water partition coefficient (Wildman–Crippen LogP) is 3.07. The van der Waals surface area contributed by atoms with Crippen LogP contribution < -0.4 is 0 Å². The van der Waals surface area contributed by atoms with Crippen LogP contribution >= 0.6 is 0 Å². The van der Waals surface area contributed by atoms with Crippen molar-refractivity contribution in [2.45, 2.75) is 19.8 Å². The van der Waals surface area contributed by atoms with Gasteiger partial charge in [0, 0.05) is 0 Å². The first-order valence-corrected chi connectivity index (χ1v) is 5.40. The summed E-state index contributed by atoms with van der Waals surface area (Å²) in [5.74, 6) is 0.296. The molecule has 0 aliphatic heterocycles. The third-order valence-corrected chi connectivity index (χ3v) is 3.14. The molecule has 16 heavy (non-hydrogen) atoms. The van der Waals surface area contributed by atoms with E-state index in [-0.39, 0.29) is 5.57 Å². The SMILES string of the molecule is CC1CCc2ccccc2C1=C(C#N)C#N. The molecule has 1 aromatic carbocycles. The van der Waals surface area contributed by atoms with Gasteiger partial charge in [-0.05, 0) is 35.5 Å². The molecule has 1 unspecified atom stereocenters. The van der Waals surface area contributed by atoms with Crippen LogP contribution in [0.1, 0.15) is 24.5 Å². The molecule has 0 fully saturated rings. The van der Waals surface area contributed by atoms with Crippen molar-refractivity contribution in [1.29, 1.82) is 10.5 Å². The van der Waals surface area contributed by atoms with E-state index in [0.29, 0.717) is 5.92 Å². The lowest BCUT2D eigenvalue weighted by Gasteiger charge is -2.24. The second-order valence-electron chi connectivity index (χ2n) is 4.11. The number of rotatable bonds is 0. The fourth-order valence-corrected chi connectivity index (χ4v) is 2.31. The molecule has 0 saturated heterocycles. The van der Waals surface area contributed by atoms with Gasteiger partial charge in [0.2, 0.25) is 0 Å². The second-order valence-corrected chi connectivity index (χ2v) is 4.11. The van der Waals surface area contributed by atoms with Gasteiger partial charge in [-0.25, -0.2) is 0 Å². The monoisotopic (exact) mass is 208 g/mol. The number of hydrogen-bond donors (Lipinski definition) is 0. The molecular weight excluding hydrogens is 196 g/mol. The minimum absolute atomic E-state index is 0.264. The van der Waals surface area contributed by atoms with Crippen LogP contribution in [0.3, 0.4) is 0 Å². The minimum Gasteiger partial charge on any atom is -0.192 e. The predicted molar refractivity (Wildman–Crippen MR) is 62.1 cm³/mol. The molecule has 0 amide bonds. The number of aryl methyl sites for hydroxylation is 1. The van der Waals surface area contributed by atoms with Crippen molar-refractivity contribution in [3.63, 3.8) is 0 Å². The van der Waals surface area contributed by atoms with Crippen molar-refractivity contribution in [1.82, 2.24) is 0 Å². The van der Waals surface area contributed by atoms with E-state index in [9.17, 15) is 0 Å². The van der Waals surface area contributed by atoms with E-state index in [2.05, 4.69) is 13.0 Å². The van der Waals surface area contributed by atoms with Crippen molar-refractivity contribution in [3.8, 4) is 12.1 Å². The third kappa shape index (κ3) is 1.59. The smallest absolute Gasteiger partial charge is 0.133 e. The van der Waals surface area contributed by atoms with Crippen LogP contribution in [-0.2, 0) is 6.42 Å². The summed E-state index contributed by atoms with van der Waals surface area (Å²) in [5.41, 5.74) is 3.52. The summed E-state index contributed by atoms with van der Waals surface area (Å²) in [4.78, 5) is 0. The maximum atomic E-state index is 8.99. The molecule has 1 aliphatic carbocycles. The van der Waals surface area contributed by atoms with Gasteiger partial charge in [-0.3, -0.25) is 0 Å². The third-order valence-electron chi connectivity index (χ3n) is 3.14. The van der Waals surface area contributed by atoms with E-state index in [1.165, 1.54) is 5.56 Å². The number of nitriles is 2. The van der Waals surface area contributed by atoms with Gasteiger partial charge in [-0.1, -0.05) is 31.2 Å². The van der Waals surface area contributed by atoms with Crippen molar-refractivity contribution in [3.05, 3.63) is 41.0 Å². The quantitative estimate of drug-likeness (QED) is 0.615. The van der Waals surface area contributed by atoms with Crippen molar-refractivity contribution in [2.75, 3.05) is 0 Å². The standard InChI is InChI=1S/C14H12N2/c1-10-6-7-11-4-2-3-5-13(11)14(10)12(8-15)9-16/h2-5,10H,6-7H2,1H3. The van der Waals surface area contributed by atoms with E-state index >= 15 is 0 Å². The summed E-state index contributed by atoms with van der Waals surface area (Å²) in [6.45, 7) is 2.08. The fraction of sp³-hybridized carbons (Fsp3) is 0.286. The number of allylic oxidation sites excluding steroid dienone is 2. The molecule has 0 saturated carbocycles. The van der Waals surface area contributed by atoms with Gasteiger partial charge in [0.25, 0.3) is 0 Å². The zero-order valence-corrected chi connectivity index (χ0v) is 9.20. The molecule has 0 bridgehead atoms. The second kappa shape index (κ2) is 4.21. The molecule has 1 aromatic rings. The summed E-state index contributed by atoms with van der Waals surface area (Å²) < 4.78 is 0. The lowest BCUT2D eigenvalue weighted by molar-refractivity contribution is 0.641. The highest BCUT2D eigenvalue weighted by Gasteiger charge is 2.23. The van der Waals surface area contributed by atoms with Crippen LogP contribution in [0.2, 0.25) is 0 Å². The molecule has 0 radical (unpaired) electrons. The van der Waals surface area contributed by atoms with Crippen molar-refractivity contribution < 1.29 is 0 Å². The zero-order chi connectivity index (χ0) is 11.5. The summed E-state index contributed by atoms with van der Waals surface area (Å²) in [7, 11) is 0. The molecular formula is C14H12N2. The molecule has 0 heterocycles. The topological polar surface area (TPSA) is 47.6 Å². The summed E-state index contributed by atoms with van der Waals surface area (Å²) >= 11 is 0. The number of fused-ring (bicyclic) bond motifs is 1. The van der Waals surface area contributed by atoms with Gasteiger partial charge >= 0.3 is 0 Å². The molecule has 1 aliphatic rings. The zero-order valence-electron chi connectivity index (χ0n) is 9.20. The first-order valence-electron chi connectivity index (χ1n) is 5.40. The van der Waals surface area contributed by atoms with Gasteiger partial charge in [0.1, 0.15) is 17.7 Å². The average Bonchev–Trinajstić information content (AvgIpc) is 2.33. The Kier molecular flexibility index (Phi) is 2.75. The number of benzene rings is 1. The Labute approximate surface area is 95.4 Å². The van der Waals surface area contributed by atoms with Crippen LogP contribution in [0.25, 0.3) is 5.57 Å². The molecule has 2 nitrogen and oxygen atoms in total. The molecule has 2 rings (SSSR count). The highest BCUT2D eigenvalue weighted by Crippen LogP contribution is 2.36. The first-order chi connectivity index (χ1) is 7.77. The van der Waals surface area contributed by atoms with Gasteiger partial charge in [0.15, 0.2) is 0 Å². The Morgan fingerprint density at radius 3 is 2.62 bits per heavy atom. The summed E-state index contributed by atoms with van der Waals surface area (Å²) in [6, 6.07) is 12.1. The van der Waals surface area contributed by atoms with Crippen molar-refractivity contribution in [2.24, 2.45) is 5.92 Å². The lowest BCUT2D eigenvalue weighted by atomic mass is 9.78. The Balaban J connectivity index is 2.68. The van der Waals surface area contributed by atoms with Gasteiger partial charge in [-0.2, -0.15) is 10.5 Å². The Morgan fingerprint density at radius 1 is 1.25 bits per heavy atom. The maximum Gasteiger partial charge on any atom is 0.133 e. The summed E-state index contributed by atoms with van der Waals surface area (Å²) in [5, 5.41) is 18.0. The Hall–Kier alpha value is -2.06. The van der Waals surface area contributed by atoms with E-state index in [1.54, 1.807) is 0 Å². The Morgan fingerprint density at radius 2 is 1.94 bits per heavy atom. The lowest BCUT2D eigenvalue weighted by Crippen LogP contribution is -2.11. The van der Waals surface area contributed by atoms with Crippen LogP contribution in [0.5, 0.6) is 0 Å². The normalized spacial score (nSPS) is 18.2. The number of nitrogens with zero attached hydrogens (tertiary/aromatic N) is 2. The molecule has 0 N–H and O–H groups in total. The van der Waals surface area contributed by atoms with E-state index in [1.807, 2.05) is 30.3 Å². The minimum atomic E-state index is 0.264. The van der Waals surface area contributed by atoms with E-state index in [4.69, 9.17) is 10.5 Å². The molecule has 78 valence electrons. The molecule has 0 aromatic heterocycles.